The van der Waals surface area contributed by atoms with E-state index in [4.69, 9.17) is 0 Å². The van der Waals surface area contributed by atoms with Crippen molar-refractivity contribution in [3.05, 3.63) is 24.3 Å². The molecule has 0 unspecified atom stereocenters. The molecule has 0 atom stereocenters. The molecule has 1 aromatic carbocycles. The van der Waals surface area contributed by atoms with Crippen LogP contribution < -0.4 is 0 Å². The molecule has 12 heavy (non-hydrogen) atoms. The fourth-order valence-electron chi connectivity index (χ4n) is 0.860. The first-order valence-electron chi connectivity index (χ1n) is 2.91. The number of benzene rings is 1. The van der Waals surface area contributed by atoms with E-state index in [0.29, 0.717) is 0 Å². The number of thiol groups is 1. The first-order valence-corrected chi connectivity index (χ1v) is 4.17. The molecule has 0 saturated carbocycles. The van der Waals surface area contributed by atoms with Gasteiger partial charge in [0.1, 0.15) is 4.34 Å². The molecule has 0 bridgehead atoms. The Morgan fingerprint density at radius 1 is 1.17 bits per heavy atom. The van der Waals surface area contributed by atoms with E-state index in [2.05, 4.69) is 17.6 Å². The van der Waals surface area contributed by atoms with Gasteiger partial charge in [-0.05, 0) is 12.1 Å². The molecule has 0 saturated heterocycles. The summed E-state index contributed by atoms with van der Waals surface area (Å²) < 4.78 is 2.04. The number of nitrogens with zero attached hydrogens (tertiary/aromatic N) is 1. The van der Waals surface area contributed by atoms with Crippen LogP contribution in [0.2, 0.25) is 0 Å². The van der Waals surface area contributed by atoms with Gasteiger partial charge in [0.05, 0.1) is 10.2 Å². The Morgan fingerprint density at radius 2 is 1.83 bits per heavy atom. The van der Waals surface area contributed by atoms with Crippen molar-refractivity contribution in [2.24, 2.45) is 0 Å². The zero-order valence-electron chi connectivity index (χ0n) is 5.11. The van der Waals surface area contributed by atoms with Gasteiger partial charge in [-0.1, -0.05) is 12.1 Å². The molecule has 0 aliphatic heterocycles. The average Bonchev–Trinajstić information content (AvgIpc) is 2.27. The van der Waals surface area contributed by atoms with Crippen LogP contribution in [0.1, 0.15) is 0 Å². The molecule has 0 fully saturated rings. The summed E-state index contributed by atoms with van der Waals surface area (Å²) in [6.07, 6.45) is 0. The van der Waals surface area contributed by atoms with Crippen LogP contribution in [0.4, 0.5) is 0 Å². The Balaban J connectivity index is 0.000000605. The van der Waals surface area contributed by atoms with E-state index in [1.807, 2.05) is 24.3 Å². The molecule has 1 heterocycles. The van der Waals surface area contributed by atoms with Crippen LogP contribution in [-0.2, 0) is 0 Å². The molecular weight excluding hydrogens is 208 g/mol. The molecule has 1 aromatic heterocycles. The second kappa shape index (κ2) is 6.04. The summed E-state index contributed by atoms with van der Waals surface area (Å²) in [5.41, 5.74) is 1.04. The molecule has 0 aliphatic carbocycles. The van der Waals surface area contributed by atoms with Crippen LogP contribution in [0.3, 0.4) is 0 Å². The summed E-state index contributed by atoms with van der Waals surface area (Å²) in [7, 11) is 0. The van der Waals surface area contributed by atoms with Gasteiger partial charge in [0, 0.05) is 0 Å². The van der Waals surface area contributed by atoms with Crippen molar-refractivity contribution in [1.82, 2.24) is 4.98 Å². The summed E-state index contributed by atoms with van der Waals surface area (Å²) in [6, 6.07) is 8.03. The average molecular weight is 215 g/mol. The zero-order valence-corrected chi connectivity index (χ0v) is 6.82. The fraction of sp³-hybridized carbons (Fsp3) is 0. The number of fused-ring (bicyclic) bond motifs is 1. The number of aromatic nitrogens is 1. The molecule has 2 rings (SSSR count). The van der Waals surface area contributed by atoms with Gasteiger partial charge in [-0.2, -0.15) is 0 Å². The predicted molar refractivity (Wildman–Crippen MR) is 61.2 cm³/mol. The summed E-state index contributed by atoms with van der Waals surface area (Å²) in [4.78, 5) is 4.20. The van der Waals surface area contributed by atoms with Crippen molar-refractivity contribution >= 4 is 93.3 Å². The summed E-state index contributed by atoms with van der Waals surface area (Å²) in [6.45, 7) is 0. The van der Waals surface area contributed by atoms with E-state index in [0.717, 1.165) is 9.86 Å². The molecular formula is C7H7NNa2S2. The SMILES string of the molecule is Sc1nc2ccccc2s1.[NaH].[NaH]. The Morgan fingerprint density at radius 3 is 2.50 bits per heavy atom. The van der Waals surface area contributed by atoms with Crippen molar-refractivity contribution in [3.8, 4) is 0 Å². The maximum atomic E-state index is 4.20. The van der Waals surface area contributed by atoms with Crippen molar-refractivity contribution in [3.63, 3.8) is 0 Å². The van der Waals surface area contributed by atoms with E-state index in [9.17, 15) is 0 Å². The maximum absolute atomic E-state index is 4.20. The summed E-state index contributed by atoms with van der Waals surface area (Å²) >= 11 is 5.76. The van der Waals surface area contributed by atoms with Crippen molar-refractivity contribution in [1.29, 1.82) is 0 Å². The third-order valence-electron chi connectivity index (χ3n) is 1.28. The molecule has 0 spiro atoms. The topological polar surface area (TPSA) is 12.9 Å². The minimum absolute atomic E-state index is 0. The van der Waals surface area contributed by atoms with Gasteiger partial charge in [-0.15, -0.1) is 24.0 Å². The Hall–Kier alpha value is 1.46. The standard InChI is InChI=1S/C7H5NS2.2Na.2H/c9-7-8-5-3-1-2-4-6(5)10-7;;;;/h1-4H,(H,8,9);;;;. The molecule has 0 N–H and O–H groups in total. The van der Waals surface area contributed by atoms with Crippen molar-refractivity contribution in [2.45, 2.75) is 4.34 Å². The second-order valence-corrected chi connectivity index (χ2v) is 3.72. The van der Waals surface area contributed by atoms with Gasteiger partial charge in [0.15, 0.2) is 0 Å². The Kier molecular flexibility index (Phi) is 6.77. The van der Waals surface area contributed by atoms with Gasteiger partial charge in [0.25, 0.3) is 0 Å². The fourth-order valence-corrected chi connectivity index (χ4v) is 1.97. The van der Waals surface area contributed by atoms with Gasteiger partial charge in [-0.3, -0.25) is 0 Å². The number of rotatable bonds is 0. The van der Waals surface area contributed by atoms with Crippen LogP contribution in [-0.4, -0.2) is 64.1 Å². The first-order chi connectivity index (χ1) is 4.86. The second-order valence-electron chi connectivity index (χ2n) is 1.96. The predicted octanol–water partition coefficient (Wildman–Crippen LogP) is 1.29. The van der Waals surface area contributed by atoms with E-state index < -0.39 is 0 Å². The van der Waals surface area contributed by atoms with E-state index >= 15 is 0 Å². The van der Waals surface area contributed by atoms with Crippen molar-refractivity contribution in [2.75, 3.05) is 0 Å². The molecule has 54 valence electrons. The molecule has 5 heteroatoms. The van der Waals surface area contributed by atoms with Gasteiger partial charge < -0.3 is 0 Å². The van der Waals surface area contributed by atoms with Crippen LogP contribution >= 0.6 is 24.0 Å². The number of para-hydroxylation sites is 1. The summed E-state index contributed by atoms with van der Waals surface area (Å²) in [5, 5.41) is 0. The third-order valence-corrected chi connectivity index (χ3v) is 2.50. The van der Waals surface area contributed by atoms with Crippen molar-refractivity contribution < 1.29 is 0 Å². The number of hydrogen-bond donors (Lipinski definition) is 1. The van der Waals surface area contributed by atoms with Gasteiger partial charge in [0.2, 0.25) is 0 Å². The van der Waals surface area contributed by atoms with Gasteiger partial charge >= 0.3 is 59.1 Å². The first kappa shape index (κ1) is 13.5. The third kappa shape index (κ3) is 3.00. The minimum atomic E-state index is 0. The molecule has 2 aromatic rings. The quantitative estimate of drug-likeness (QED) is 0.516. The summed E-state index contributed by atoms with van der Waals surface area (Å²) in [5.74, 6) is 0. The van der Waals surface area contributed by atoms with Gasteiger partial charge in [-0.25, -0.2) is 4.98 Å². The zero-order chi connectivity index (χ0) is 6.97. The van der Waals surface area contributed by atoms with E-state index in [1.54, 1.807) is 11.3 Å². The van der Waals surface area contributed by atoms with Crippen LogP contribution in [0.15, 0.2) is 28.6 Å². The van der Waals surface area contributed by atoms with Crippen LogP contribution in [0.5, 0.6) is 0 Å². The molecule has 1 nitrogen and oxygen atoms in total. The van der Waals surface area contributed by atoms with E-state index in [1.165, 1.54) is 4.70 Å². The Labute approximate surface area is 125 Å². The number of thiazole rings is 1. The molecule has 0 radical (unpaired) electrons. The van der Waals surface area contributed by atoms with E-state index in [-0.39, 0.29) is 59.1 Å². The van der Waals surface area contributed by atoms with Crippen LogP contribution in [0.25, 0.3) is 10.2 Å². The Bertz CT molecular complexity index is 328. The number of hydrogen-bond acceptors (Lipinski definition) is 3. The molecule has 0 amide bonds. The normalized spacial score (nSPS) is 8.75. The molecule has 0 aliphatic rings. The van der Waals surface area contributed by atoms with Crippen LogP contribution in [0, 0.1) is 0 Å². The monoisotopic (exact) mass is 215 g/mol.